The maximum atomic E-state index is 12.1. The Labute approximate surface area is 106 Å². The Morgan fingerprint density at radius 2 is 2.11 bits per heavy atom. The van der Waals surface area contributed by atoms with E-state index in [-0.39, 0.29) is 18.4 Å². The fourth-order valence-electron chi connectivity index (χ4n) is 1.63. The third-order valence-electron chi connectivity index (χ3n) is 2.62. The van der Waals surface area contributed by atoms with E-state index in [0.29, 0.717) is 0 Å². The topological polar surface area (TPSA) is 41.5 Å². The molecule has 5 heteroatoms. The van der Waals surface area contributed by atoms with Gasteiger partial charge in [-0.3, -0.25) is 0 Å². The number of nitrogens with one attached hydrogen (secondary N) is 1. The molecular formula is C13H19F2NO2. The Hall–Kier alpha value is -1.20. The molecular weight excluding hydrogens is 240 g/mol. The molecule has 0 amide bonds. The largest absolute Gasteiger partial charge is 0.435 e. The van der Waals surface area contributed by atoms with E-state index in [0.717, 1.165) is 24.9 Å². The van der Waals surface area contributed by atoms with Crippen molar-refractivity contribution in [2.45, 2.75) is 32.4 Å². The van der Waals surface area contributed by atoms with Gasteiger partial charge in [0, 0.05) is 12.6 Å². The molecule has 1 atom stereocenters. The molecule has 1 aromatic carbocycles. The van der Waals surface area contributed by atoms with Gasteiger partial charge in [0.05, 0.1) is 0 Å². The van der Waals surface area contributed by atoms with Crippen LogP contribution in [0, 0.1) is 0 Å². The van der Waals surface area contributed by atoms with Gasteiger partial charge >= 0.3 is 6.61 Å². The van der Waals surface area contributed by atoms with Gasteiger partial charge < -0.3 is 15.2 Å². The van der Waals surface area contributed by atoms with Gasteiger partial charge in [-0.1, -0.05) is 12.1 Å². The van der Waals surface area contributed by atoms with Crippen molar-refractivity contribution >= 4 is 0 Å². The van der Waals surface area contributed by atoms with Gasteiger partial charge in [0.1, 0.15) is 5.75 Å². The van der Waals surface area contributed by atoms with E-state index >= 15 is 0 Å². The first-order valence-electron chi connectivity index (χ1n) is 6.02. The first kappa shape index (κ1) is 14.9. The Morgan fingerprint density at radius 3 is 2.78 bits per heavy atom. The zero-order valence-electron chi connectivity index (χ0n) is 10.4. The predicted molar refractivity (Wildman–Crippen MR) is 65.8 cm³/mol. The van der Waals surface area contributed by atoms with Crippen LogP contribution in [0.4, 0.5) is 8.78 Å². The van der Waals surface area contributed by atoms with Crippen LogP contribution in [0.2, 0.25) is 0 Å². The number of benzene rings is 1. The lowest BCUT2D eigenvalue weighted by atomic mass is 10.1. The zero-order chi connectivity index (χ0) is 13.4. The summed E-state index contributed by atoms with van der Waals surface area (Å²) in [7, 11) is 0. The van der Waals surface area contributed by atoms with Crippen LogP contribution in [0.15, 0.2) is 24.3 Å². The van der Waals surface area contributed by atoms with E-state index in [2.05, 4.69) is 10.1 Å². The van der Waals surface area contributed by atoms with E-state index in [9.17, 15) is 8.78 Å². The lowest BCUT2D eigenvalue weighted by Gasteiger charge is -2.15. The van der Waals surface area contributed by atoms with Gasteiger partial charge in [-0.05, 0) is 44.0 Å². The Bertz CT molecular complexity index is 348. The molecule has 0 aliphatic heterocycles. The number of alkyl halides is 2. The van der Waals surface area contributed by atoms with Gasteiger partial charge in [0.15, 0.2) is 0 Å². The quantitative estimate of drug-likeness (QED) is 0.705. The van der Waals surface area contributed by atoms with Crippen molar-refractivity contribution in [2.75, 3.05) is 13.2 Å². The van der Waals surface area contributed by atoms with E-state index in [1.165, 1.54) is 6.07 Å². The molecule has 1 rings (SSSR count). The fraction of sp³-hybridized carbons (Fsp3) is 0.538. The summed E-state index contributed by atoms with van der Waals surface area (Å²) in [4.78, 5) is 0. The highest BCUT2D eigenvalue weighted by atomic mass is 19.3. The minimum absolute atomic E-state index is 0.0601. The molecule has 102 valence electrons. The molecule has 0 aromatic heterocycles. The molecule has 3 nitrogen and oxygen atoms in total. The predicted octanol–water partition coefficient (Wildman–Crippen LogP) is 2.71. The van der Waals surface area contributed by atoms with Crippen molar-refractivity contribution in [2.24, 2.45) is 0 Å². The van der Waals surface area contributed by atoms with Crippen molar-refractivity contribution in [3.05, 3.63) is 29.8 Å². The number of aliphatic hydroxyl groups is 1. The van der Waals surface area contributed by atoms with Crippen molar-refractivity contribution < 1.29 is 18.6 Å². The highest BCUT2D eigenvalue weighted by molar-refractivity contribution is 5.30. The van der Waals surface area contributed by atoms with Crippen LogP contribution in [-0.4, -0.2) is 24.9 Å². The average molecular weight is 259 g/mol. The number of rotatable bonds is 8. The molecule has 0 spiro atoms. The Kier molecular flexibility index (Phi) is 6.60. The number of hydrogen-bond acceptors (Lipinski definition) is 3. The highest BCUT2D eigenvalue weighted by Crippen LogP contribution is 2.20. The van der Waals surface area contributed by atoms with Gasteiger partial charge in [-0.15, -0.1) is 0 Å². The summed E-state index contributed by atoms with van der Waals surface area (Å²) in [5, 5.41) is 11.9. The maximum Gasteiger partial charge on any atom is 0.387 e. The molecule has 0 heterocycles. The third-order valence-corrected chi connectivity index (χ3v) is 2.62. The second-order valence-electron chi connectivity index (χ2n) is 4.06. The molecule has 2 N–H and O–H groups in total. The van der Waals surface area contributed by atoms with Crippen molar-refractivity contribution in [1.82, 2.24) is 5.32 Å². The minimum Gasteiger partial charge on any atom is -0.435 e. The fourth-order valence-corrected chi connectivity index (χ4v) is 1.63. The zero-order valence-corrected chi connectivity index (χ0v) is 10.4. The lowest BCUT2D eigenvalue weighted by Crippen LogP contribution is -2.20. The summed E-state index contributed by atoms with van der Waals surface area (Å²) in [6.45, 7) is 0.128. The Balaban J connectivity index is 2.48. The maximum absolute atomic E-state index is 12.1. The van der Waals surface area contributed by atoms with Crippen LogP contribution in [0.25, 0.3) is 0 Å². The van der Waals surface area contributed by atoms with Crippen LogP contribution >= 0.6 is 0 Å². The van der Waals surface area contributed by atoms with E-state index < -0.39 is 6.61 Å². The third kappa shape index (κ3) is 5.42. The molecule has 0 fully saturated rings. The van der Waals surface area contributed by atoms with Crippen molar-refractivity contribution in [3.63, 3.8) is 0 Å². The van der Waals surface area contributed by atoms with Crippen LogP contribution in [0.1, 0.15) is 31.4 Å². The molecule has 0 bridgehead atoms. The average Bonchev–Trinajstić information content (AvgIpc) is 2.34. The molecule has 0 aliphatic rings. The highest BCUT2D eigenvalue weighted by Gasteiger charge is 2.08. The SMILES string of the molecule is CC(NCCCCO)c1cccc(OC(F)F)c1. The van der Waals surface area contributed by atoms with Crippen LogP contribution in [0.5, 0.6) is 5.75 Å². The number of aliphatic hydroxyl groups excluding tert-OH is 1. The molecule has 0 aliphatic carbocycles. The van der Waals surface area contributed by atoms with Gasteiger partial charge in [-0.25, -0.2) is 0 Å². The number of halogens is 2. The Morgan fingerprint density at radius 1 is 1.33 bits per heavy atom. The number of unbranched alkanes of at least 4 members (excludes halogenated alkanes) is 1. The summed E-state index contributed by atoms with van der Waals surface area (Å²) in [5.41, 5.74) is 0.900. The second-order valence-corrected chi connectivity index (χ2v) is 4.06. The van der Waals surface area contributed by atoms with Gasteiger partial charge in [-0.2, -0.15) is 8.78 Å². The molecule has 18 heavy (non-hydrogen) atoms. The monoisotopic (exact) mass is 259 g/mol. The molecule has 0 radical (unpaired) electrons. The standard InChI is InChI=1S/C13H19F2NO2/c1-10(16-7-2-3-8-17)11-5-4-6-12(9-11)18-13(14)15/h4-6,9-10,13,16-17H,2-3,7-8H2,1H3. The van der Waals surface area contributed by atoms with Gasteiger partial charge in [0.25, 0.3) is 0 Å². The van der Waals surface area contributed by atoms with Crippen molar-refractivity contribution in [1.29, 1.82) is 0 Å². The van der Waals surface area contributed by atoms with E-state index in [4.69, 9.17) is 5.11 Å². The summed E-state index contributed by atoms with van der Waals surface area (Å²) < 4.78 is 28.5. The normalized spacial score (nSPS) is 12.7. The molecule has 1 aromatic rings. The van der Waals surface area contributed by atoms with Crippen LogP contribution in [0.3, 0.4) is 0 Å². The van der Waals surface area contributed by atoms with Crippen LogP contribution in [-0.2, 0) is 0 Å². The van der Waals surface area contributed by atoms with E-state index in [1.54, 1.807) is 12.1 Å². The summed E-state index contributed by atoms with van der Waals surface area (Å²) in [5.74, 6) is 0.173. The molecule has 0 saturated heterocycles. The minimum atomic E-state index is -2.80. The van der Waals surface area contributed by atoms with Crippen LogP contribution < -0.4 is 10.1 Å². The van der Waals surface area contributed by atoms with Crippen molar-refractivity contribution in [3.8, 4) is 5.75 Å². The molecule has 0 saturated carbocycles. The molecule has 1 unspecified atom stereocenters. The number of ether oxygens (including phenoxy) is 1. The summed E-state index contributed by atoms with van der Waals surface area (Å²) >= 11 is 0. The summed E-state index contributed by atoms with van der Waals surface area (Å²) in [6, 6.07) is 6.73. The van der Waals surface area contributed by atoms with E-state index in [1.807, 2.05) is 13.0 Å². The summed E-state index contributed by atoms with van der Waals surface area (Å²) in [6.07, 6.45) is 1.64. The van der Waals surface area contributed by atoms with Gasteiger partial charge in [0.2, 0.25) is 0 Å². The lowest BCUT2D eigenvalue weighted by molar-refractivity contribution is -0.0499. The number of hydrogen-bond donors (Lipinski definition) is 2. The first-order chi connectivity index (χ1) is 8.63. The smallest absolute Gasteiger partial charge is 0.387 e. The first-order valence-corrected chi connectivity index (χ1v) is 6.02. The second kappa shape index (κ2) is 8.00.